The van der Waals surface area contributed by atoms with E-state index in [-0.39, 0.29) is 0 Å². The fourth-order valence-electron chi connectivity index (χ4n) is 0. The molecule has 0 rings (SSSR count). The normalized spacial score (nSPS) is 4.33. The molecular formula is HAlB2N2S. The van der Waals surface area contributed by atoms with Crippen LogP contribution in [0.4, 0.5) is 0 Å². The van der Waals surface area contributed by atoms with E-state index in [1.54, 1.807) is 16.1 Å². The molecule has 0 fully saturated rings. The molecule has 0 aliphatic rings. The molecule has 6 heteroatoms. The molecule has 6 heavy (non-hydrogen) atoms. The van der Waals surface area contributed by atoms with Gasteiger partial charge in [-0.25, -0.2) is 0 Å². The van der Waals surface area contributed by atoms with E-state index in [1.807, 2.05) is 0 Å². The Balaban J connectivity index is 0. The van der Waals surface area contributed by atoms with Crippen LogP contribution in [-0.2, 0) is 0 Å². The zero-order valence-corrected chi connectivity index (χ0v) is 5.06. The summed E-state index contributed by atoms with van der Waals surface area (Å²) in [5.41, 5.74) is 0. The SMILES string of the molecule is [B]SN=[B].[NH]=[Al]. The van der Waals surface area contributed by atoms with E-state index in [4.69, 9.17) is 4.35 Å². The summed E-state index contributed by atoms with van der Waals surface area (Å²) >= 11 is 2.43. The fourth-order valence-corrected chi connectivity index (χ4v) is 0. The van der Waals surface area contributed by atoms with Crippen LogP contribution >= 0.6 is 11.8 Å². The van der Waals surface area contributed by atoms with Gasteiger partial charge < -0.3 is 0 Å². The first-order chi connectivity index (χ1) is 2.91. The number of hydrogen-bond acceptors (Lipinski definition) is 3. The molecule has 0 saturated heterocycles. The van der Waals surface area contributed by atoms with Crippen LogP contribution in [0.5, 0.6) is 0 Å². The first-order valence-electron chi connectivity index (χ1n) is 0.965. The Morgan fingerprint density at radius 3 is 1.83 bits per heavy atom. The summed E-state index contributed by atoms with van der Waals surface area (Å²) in [4.78, 5) is 0. The van der Waals surface area contributed by atoms with Gasteiger partial charge in [0.1, 0.15) is 0 Å². The number of hydrogen-bond donors (Lipinski definition) is 1. The Morgan fingerprint density at radius 1 is 1.67 bits per heavy atom. The molecule has 2 nitrogen and oxygen atoms in total. The third-order valence-corrected chi connectivity index (χ3v) is 0.183. The topological polar surface area (TPSA) is 36.2 Å². The number of rotatable bonds is 1. The Hall–Kier alpha value is 0.612. The van der Waals surface area contributed by atoms with Gasteiger partial charge >= 0.3 is 51.3 Å². The van der Waals surface area contributed by atoms with Gasteiger partial charge in [0.15, 0.2) is 0 Å². The molecule has 0 amide bonds. The molecule has 0 bridgehead atoms. The molecule has 0 saturated carbocycles. The van der Waals surface area contributed by atoms with Gasteiger partial charge in [-0.1, -0.05) is 0 Å². The molecule has 26 valence electrons. The molecule has 0 aromatic rings. The summed E-state index contributed by atoms with van der Waals surface area (Å²) in [7, 11) is 9.14. The van der Waals surface area contributed by atoms with E-state index in [1.165, 1.54) is 0 Å². The molecule has 0 heterocycles. The summed E-state index contributed by atoms with van der Waals surface area (Å²) in [5.74, 6) is 0. The van der Waals surface area contributed by atoms with Crippen molar-refractivity contribution < 1.29 is 0 Å². The third-order valence-electron chi connectivity index (χ3n) is 0.0609. The minimum absolute atomic E-state index is 0.759. The van der Waals surface area contributed by atoms with E-state index in [0.29, 0.717) is 0 Å². The first kappa shape index (κ1) is 9.79. The minimum atomic E-state index is 0.759. The van der Waals surface area contributed by atoms with Gasteiger partial charge in [-0.3, -0.25) is 0 Å². The molecule has 4 radical (unpaired) electrons. The Morgan fingerprint density at radius 2 is 1.83 bits per heavy atom. The molecule has 0 aromatic carbocycles. The van der Waals surface area contributed by atoms with Gasteiger partial charge in [-0.2, -0.15) is 0 Å². The summed E-state index contributed by atoms with van der Waals surface area (Å²) in [6.45, 7) is 0. The first-order valence-corrected chi connectivity index (χ1v) is 2.38. The summed E-state index contributed by atoms with van der Waals surface area (Å²) in [6, 6.07) is 0. The zero-order chi connectivity index (χ0) is 5.41. The van der Waals surface area contributed by atoms with Crippen molar-refractivity contribution in [1.29, 1.82) is 4.35 Å². The molecule has 0 aliphatic heterocycles. The van der Waals surface area contributed by atoms with Crippen molar-refractivity contribution in [3.63, 3.8) is 0 Å². The van der Waals surface area contributed by atoms with Crippen LogP contribution in [0, 0.1) is 4.35 Å². The summed E-state index contributed by atoms with van der Waals surface area (Å²) in [5, 5.41) is 0. The van der Waals surface area contributed by atoms with E-state index in [0.717, 1.165) is 11.8 Å². The zero-order valence-electron chi connectivity index (χ0n) is 3.09. The molecule has 0 unspecified atom stereocenters. The van der Waals surface area contributed by atoms with Gasteiger partial charge in [0, 0.05) is 0 Å². The predicted octanol–water partition coefficient (Wildman–Crippen LogP) is -0.0125. The second-order valence-corrected chi connectivity index (χ2v) is 0.632. The molecule has 0 aliphatic carbocycles. The standard InChI is InChI=1S/Al.B2NS.HN/c;1-3-4-2;/h;;1H. The van der Waals surface area contributed by atoms with E-state index in [2.05, 4.69) is 19.1 Å². The van der Waals surface area contributed by atoms with E-state index < -0.39 is 0 Å². The predicted molar refractivity (Wildman–Crippen MR) is 30.0 cm³/mol. The van der Waals surface area contributed by atoms with Crippen molar-refractivity contribution in [2.24, 2.45) is 4.30 Å². The van der Waals surface area contributed by atoms with Crippen LogP contribution < -0.4 is 0 Å². The molecule has 1 N–H and O–H groups in total. The van der Waals surface area contributed by atoms with Crippen molar-refractivity contribution in [3.8, 4) is 0 Å². The molecule has 0 atom stereocenters. The maximum absolute atomic E-state index is 5.67. The van der Waals surface area contributed by atoms with Crippen LogP contribution in [0.25, 0.3) is 0 Å². The van der Waals surface area contributed by atoms with Gasteiger partial charge in [0.25, 0.3) is 0 Å². The fraction of sp³-hybridized carbons (Fsp3) is 0. The van der Waals surface area contributed by atoms with Crippen molar-refractivity contribution >= 4 is 42.7 Å². The maximum atomic E-state index is 5.67. The average Bonchev–Trinajstić information content (AvgIpc) is 1.72. The third kappa shape index (κ3) is 23.2. The molecular weight excluding hydrogens is 109 g/mol. The Kier molecular flexibility index (Phi) is 28.5. The van der Waals surface area contributed by atoms with Crippen LogP contribution in [0.15, 0.2) is 4.30 Å². The van der Waals surface area contributed by atoms with Gasteiger partial charge in [0.05, 0.1) is 0 Å². The van der Waals surface area contributed by atoms with Gasteiger partial charge in [-0.15, -0.1) is 0 Å². The number of nitrogens with zero attached hydrogens (tertiary/aromatic N) is 1. The molecule has 0 spiro atoms. The van der Waals surface area contributed by atoms with Crippen molar-refractivity contribution in [2.75, 3.05) is 0 Å². The average molecular weight is 110 g/mol. The number of nitrogens with one attached hydrogen (secondary N) is 1. The van der Waals surface area contributed by atoms with Crippen LogP contribution in [0.2, 0.25) is 0 Å². The second-order valence-electron chi connectivity index (χ2n) is 0.211. The quantitative estimate of drug-likeness (QED) is 0.373. The van der Waals surface area contributed by atoms with Crippen molar-refractivity contribution in [3.05, 3.63) is 0 Å². The van der Waals surface area contributed by atoms with Gasteiger partial charge in [0.2, 0.25) is 0 Å². The van der Waals surface area contributed by atoms with Gasteiger partial charge in [-0.05, 0) is 0 Å². The summed E-state index contributed by atoms with van der Waals surface area (Å²) < 4.78 is 8.60. The van der Waals surface area contributed by atoms with Crippen LogP contribution in [0.3, 0.4) is 0 Å². The van der Waals surface area contributed by atoms with E-state index >= 15 is 0 Å². The molecule has 0 aromatic heterocycles. The monoisotopic (exact) mass is 110 g/mol. The van der Waals surface area contributed by atoms with E-state index in [9.17, 15) is 0 Å². The van der Waals surface area contributed by atoms with Crippen molar-refractivity contribution in [2.45, 2.75) is 0 Å². The van der Waals surface area contributed by atoms with Crippen molar-refractivity contribution in [1.82, 2.24) is 0 Å². The summed E-state index contributed by atoms with van der Waals surface area (Å²) in [6.07, 6.45) is 0. The second kappa shape index (κ2) is 17.5. The van der Waals surface area contributed by atoms with Crippen LogP contribution in [0.1, 0.15) is 0 Å². The van der Waals surface area contributed by atoms with Crippen LogP contribution in [-0.4, -0.2) is 30.9 Å². The Bertz CT molecular complexity index is 32.7. The Labute approximate surface area is 51.7 Å².